The number of phosphoric ester groups is 1. The molecule has 2 bridgehead atoms. The van der Waals surface area contributed by atoms with Gasteiger partial charge in [0, 0.05) is 22.4 Å². The molecule has 0 aliphatic carbocycles. The van der Waals surface area contributed by atoms with E-state index in [0.717, 1.165) is 35.8 Å². The van der Waals surface area contributed by atoms with Crippen molar-refractivity contribution in [2.24, 2.45) is 0 Å². The number of benzene rings is 2. The summed E-state index contributed by atoms with van der Waals surface area (Å²) in [5, 5.41) is 0. The number of nitrogens with zero attached hydrogens (tertiary/aromatic N) is 2. The third kappa shape index (κ3) is 2.34. The van der Waals surface area contributed by atoms with E-state index in [-0.39, 0.29) is 0 Å². The van der Waals surface area contributed by atoms with Crippen LogP contribution in [0, 0.1) is 0 Å². The maximum absolute atomic E-state index is 12.4. The number of rotatable bonds is 4. The van der Waals surface area contributed by atoms with E-state index in [4.69, 9.17) is 13.6 Å². The van der Waals surface area contributed by atoms with Gasteiger partial charge in [-0.1, -0.05) is 23.9 Å². The lowest BCUT2D eigenvalue weighted by atomic mass is 10.1. The van der Waals surface area contributed by atoms with Gasteiger partial charge in [-0.15, -0.1) is 0 Å². The molecule has 3 aliphatic rings. The minimum Gasteiger partial charge on any atom is -0.382 e. The van der Waals surface area contributed by atoms with Gasteiger partial charge in [-0.2, -0.15) is 4.57 Å². The molecular weight excluding hydrogens is 359 g/mol. The molecule has 3 aliphatic heterocycles. The zero-order chi connectivity index (χ0) is 17.2. The van der Waals surface area contributed by atoms with Gasteiger partial charge in [-0.25, -0.2) is 0 Å². The molecule has 1 unspecified atom stereocenters. The second kappa shape index (κ2) is 5.34. The van der Waals surface area contributed by atoms with Crippen molar-refractivity contribution >= 4 is 31.0 Å². The maximum atomic E-state index is 12.4. The van der Waals surface area contributed by atoms with E-state index in [1.54, 1.807) is 11.8 Å². The average molecular weight is 376 g/mol. The number of fused-ring (bicyclic) bond motifs is 4. The van der Waals surface area contributed by atoms with Crippen molar-refractivity contribution in [2.45, 2.75) is 16.2 Å². The third-order valence-corrected chi connectivity index (χ3v) is 6.72. The van der Waals surface area contributed by atoms with Crippen LogP contribution in [-0.2, 0) is 4.57 Å². The SMILES string of the molecule is CN(C)CCCN1c2ccccc2Sc2cc3c4c(c21)OP(=O)(O3)O4. The molecule has 5 rings (SSSR count). The van der Waals surface area contributed by atoms with Crippen LogP contribution in [-0.4, -0.2) is 32.1 Å². The molecule has 8 heteroatoms. The van der Waals surface area contributed by atoms with E-state index in [9.17, 15) is 4.57 Å². The number of hydrogen-bond acceptors (Lipinski definition) is 7. The molecule has 0 amide bonds. The molecule has 0 fully saturated rings. The standard InChI is InChI=1S/C17H17N2O4PS/c1-18(2)8-5-9-19-11-6-3-4-7-13(11)25-14-10-12-16-17(15(14)19)23-24(20,21-12)22-16/h3-4,6-7,10H,5,8-9H2,1-2H3. The molecular formula is C17H17N2O4PS. The average Bonchev–Trinajstić information content (AvgIpc) is 3.07. The summed E-state index contributed by atoms with van der Waals surface area (Å²) in [4.78, 5) is 6.64. The van der Waals surface area contributed by atoms with E-state index in [1.165, 1.54) is 4.90 Å². The molecule has 0 spiro atoms. The molecule has 0 N–H and O–H groups in total. The Labute approximate surface area is 150 Å². The summed E-state index contributed by atoms with van der Waals surface area (Å²) >= 11 is 1.67. The van der Waals surface area contributed by atoms with Crippen LogP contribution in [0.1, 0.15) is 6.42 Å². The molecule has 0 radical (unpaired) electrons. The molecule has 2 aromatic carbocycles. The van der Waals surface area contributed by atoms with Gasteiger partial charge in [0.05, 0.1) is 5.69 Å². The van der Waals surface area contributed by atoms with Crippen LogP contribution >= 0.6 is 19.6 Å². The normalized spacial score (nSPS) is 21.5. The smallest absolute Gasteiger partial charge is 0.382 e. The van der Waals surface area contributed by atoms with Crippen molar-refractivity contribution in [1.29, 1.82) is 0 Å². The number of phosphoric acid groups is 1. The Morgan fingerprint density at radius 1 is 1.12 bits per heavy atom. The highest BCUT2D eigenvalue weighted by atomic mass is 32.2. The van der Waals surface area contributed by atoms with Crippen molar-refractivity contribution in [1.82, 2.24) is 4.90 Å². The second-order valence-electron chi connectivity index (χ2n) is 6.48. The topological polar surface area (TPSA) is 51.2 Å². The highest BCUT2D eigenvalue weighted by Gasteiger charge is 2.53. The predicted octanol–water partition coefficient (Wildman–Crippen LogP) is 4.51. The minimum atomic E-state index is -3.49. The van der Waals surface area contributed by atoms with Crippen molar-refractivity contribution in [3.8, 4) is 17.2 Å². The van der Waals surface area contributed by atoms with Gasteiger partial charge < -0.3 is 23.4 Å². The zero-order valence-corrected chi connectivity index (χ0v) is 15.6. The molecule has 0 saturated carbocycles. The van der Waals surface area contributed by atoms with E-state index in [2.05, 4.69) is 36.0 Å². The van der Waals surface area contributed by atoms with E-state index < -0.39 is 7.82 Å². The summed E-state index contributed by atoms with van der Waals surface area (Å²) in [6.07, 6.45) is 0.997. The van der Waals surface area contributed by atoms with Crippen LogP contribution in [0.2, 0.25) is 0 Å². The summed E-state index contributed by atoms with van der Waals surface area (Å²) < 4.78 is 28.7. The first-order valence-corrected chi connectivity index (χ1v) is 10.4. The van der Waals surface area contributed by atoms with Crippen LogP contribution < -0.4 is 18.5 Å². The van der Waals surface area contributed by atoms with Crippen LogP contribution in [0.25, 0.3) is 0 Å². The first kappa shape index (κ1) is 15.4. The Hall–Kier alpha value is -1.82. The molecule has 6 nitrogen and oxygen atoms in total. The summed E-state index contributed by atoms with van der Waals surface area (Å²) in [7, 11) is 0.649. The highest BCUT2D eigenvalue weighted by Crippen LogP contribution is 2.73. The van der Waals surface area contributed by atoms with Gasteiger partial charge in [0.2, 0.25) is 11.5 Å². The second-order valence-corrected chi connectivity index (χ2v) is 9.00. The summed E-state index contributed by atoms with van der Waals surface area (Å²) in [5.74, 6) is 1.54. The van der Waals surface area contributed by atoms with Crippen LogP contribution in [0.5, 0.6) is 17.2 Å². The molecule has 2 aromatic rings. The largest absolute Gasteiger partial charge is 0.647 e. The van der Waals surface area contributed by atoms with Gasteiger partial charge in [0.25, 0.3) is 0 Å². The maximum Gasteiger partial charge on any atom is 0.647 e. The molecule has 1 atom stereocenters. The van der Waals surface area contributed by atoms with E-state index in [0.29, 0.717) is 17.2 Å². The van der Waals surface area contributed by atoms with Crippen molar-refractivity contribution in [2.75, 3.05) is 32.1 Å². The van der Waals surface area contributed by atoms with E-state index >= 15 is 0 Å². The van der Waals surface area contributed by atoms with Crippen LogP contribution in [0.3, 0.4) is 0 Å². The van der Waals surface area contributed by atoms with Gasteiger partial charge in [0.15, 0.2) is 5.75 Å². The first-order chi connectivity index (χ1) is 12.0. The Balaban J connectivity index is 1.62. The third-order valence-electron chi connectivity index (χ3n) is 4.39. The van der Waals surface area contributed by atoms with Gasteiger partial charge in [-0.3, -0.25) is 0 Å². The first-order valence-electron chi connectivity index (χ1n) is 8.13. The summed E-state index contributed by atoms with van der Waals surface area (Å²) in [6, 6.07) is 10.2. The van der Waals surface area contributed by atoms with Gasteiger partial charge in [-0.05, 0) is 39.2 Å². The lowest BCUT2D eigenvalue weighted by Gasteiger charge is -2.34. The predicted molar refractivity (Wildman–Crippen MR) is 96.7 cm³/mol. The number of hydrogen-bond donors (Lipinski definition) is 0. The van der Waals surface area contributed by atoms with Gasteiger partial charge in [0.1, 0.15) is 5.69 Å². The number of anilines is 2. The molecule has 0 saturated heterocycles. The summed E-state index contributed by atoms with van der Waals surface area (Å²) in [6.45, 7) is 1.82. The van der Waals surface area contributed by atoms with E-state index in [1.807, 2.05) is 18.2 Å². The minimum absolute atomic E-state index is 0.472. The van der Waals surface area contributed by atoms with Gasteiger partial charge >= 0.3 is 7.82 Å². The fourth-order valence-corrected chi connectivity index (χ4v) is 5.75. The molecule has 130 valence electrons. The Kier molecular flexibility index (Phi) is 3.29. The van der Waals surface area contributed by atoms with Crippen molar-refractivity contribution < 1.29 is 18.1 Å². The van der Waals surface area contributed by atoms with Crippen LogP contribution in [0.4, 0.5) is 11.4 Å². The Bertz CT molecular complexity index is 933. The van der Waals surface area contributed by atoms with Crippen LogP contribution in [0.15, 0.2) is 40.1 Å². The Morgan fingerprint density at radius 3 is 2.72 bits per heavy atom. The molecule has 3 heterocycles. The lowest BCUT2D eigenvalue weighted by Crippen LogP contribution is -2.25. The van der Waals surface area contributed by atoms with Crippen molar-refractivity contribution in [3.63, 3.8) is 0 Å². The quantitative estimate of drug-likeness (QED) is 0.728. The molecule has 0 aromatic heterocycles. The van der Waals surface area contributed by atoms with Crippen molar-refractivity contribution in [3.05, 3.63) is 30.3 Å². The number of para-hydroxylation sites is 1. The molecule has 25 heavy (non-hydrogen) atoms. The summed E-state index contributed by atoms with van der Waals surface area (Å²) in [5.41, 5.74) is 2.07. The fraction of sp³-hybridized carbons (Fsp3) is 0.294. The monoisotopic (exact) mass is 376 g/mol. The highest BCUT2D eigenvalue weighted by molar-refractivity contribution is 7.99. The Morgan fingerprint density at radius 2 is 1.92 bits per heavy atom. The fourth-order valence-electron chi connectivity index (χ4n) is 3.34. The zero-order valence-electron chi connectivity index (χ0n) is 13.9. The lowest BCUT2D eigenvalue weighted by molar-refractivity contribution is 0.353.